The molecule has 0 amide bonds. The molecular weight excluding hydrogens is 250 g/mol. The molecule has 96 valence electrons. The first-order valence-corrected chi connectivity index (χ1v) is 6.41. The predicted molar refractivity (Wildman–Crippen MR) is 70.8 cm³/mol. The molecule has 0 aromatic carbocycles. The van der Waals surface area contributed by atoms with Gasteiger partial charge in [-0.2, -0.15) is 5.10 Å². The highest BCUT2D eigenvalue weighted by Gasteiger charge is 2.14. The lowest BCUT2D eigenvalue weighted by Crippen LogP contribution is -2.08. The monoisotopic (exact) mass is 265 g/mol. The van der Waals surface area contributed by atoms with Gasteiger partial charge in [0.25, 0.3) is 5.56 Å². The van der Waals surface area contributed by atoms with Crippen LogP contribution in [0.5, 0.6) is 0 Å². The Morgan fingerprint density at radius 1 is 1.50 bits per heavy atom. The highest BCUT2D eigenvalue weighted by Crippen LogP contribution is 2.31. The van der Waals surface area contributed by atoms with E-state index in [9.17, 15) is 4.79 Å². The van der Waals surface area contributed by atoms with Crippen molar-refractivity contribution >= 4 is 17.4 Å². The minimum Gasteiger partial charge on any atom is -0.395 e. The molecule has 0 bridgehead atoms. The van der Waals surface area contributed by atoms with E-state index in [1.807, 2.05) is 13.8 Å². The Hall–Kier alpha value is -1.76. The van der Waals surface area contributed by atoms with Crippen molar-refractivity contribution in [3.05, 3.63) is 27.8 Å². The number of nitrogen functional groups attached to an aromatic ring is 1. The number of aryl methyl sites for hydroxylation is 3. The zero-order valence-corrected chi connectivity index (χ0v) is 11.3. The molecule has 0 saturated heterocycles. The van der Waals surface area contributed by atoms with E-state index in [0.29, 0.717) is 16.5 Å². The molecule has 0 fully saturated rings. The second kappa shape index (κ2) is 4.85. The molecule has 2 aromatic rings. The van der Waals surface area contributed by atoms with Gasteiger partial charge in [-0.25, -0.2) is 4.98 Å². The third-order valence-electron chi connectivity index (χ3n) is 2.47. The number of rotatable bonds is 3. The van der Waals surface area contributed by atoms with Crippen LogP contribution in [0.15, 0.2) is 21.0 Å². The van der Waals surface area contributed by atoms with Crippen molar-refractivity contribution in [1.82, 2.24) is 19.7 Å². The van der Waals surface area contributed by atoms with E-state index >= 15 is 0 Å². The molecule has 0 aliphatic carbocycles. The Morgan fingerprint density at radius 3 is 2.83 bits per heavy atom. The summed E-state index contributed by atoms with van der Waals surface area (Å²) in [5, 5.41) is 5.66. The zero-order valence-electron chi connectivity index (χ0n) is 10.5. The first-order valence-electron chi connectivity index (χ1n) is 5.60. The standard InChI is InChI=1S/C11H15N5OS/c1-4-16-10(9(12)7(3)15-16)18-11-13-6(2)5-8(17)14-11/h5H,4,12H2,1-3H3,(H,13,14,17). The van der Waals surface area contributed by atoms with Crippen molar-refractivity contribution in [1.29, 1.82) is 0 Å². The van der Waals surface area contributed by atoms with E-state index < -0.39 is 0 Å². The third-order valence-corrected chi connectivity index (χ3v) is 3.48. The van der Waals surface area contributed by atoms with Gasteiger partial charge < -0.3 is 10.7 Å². The number of nitrogens with one attached hydrogen (secondary N) is 1. The number of H-pyrrole nitrogens is 1. The SMILES string of the molecule is CCn1nc(C)c(N)c1Sc1nc(C)cc(=O)[nH]1. The fourth-order valence-corrected chi connectivity index (χ4v) is 2.64. The Labute approximate surface area is 109 Å². The van der Waals surface area contributed by atoms with Crippen LogP contribution in [0, 0.1) is 13.8 Å². The largest absolute Gasteiger partial charge is 0.395 e. The van der Waals surface area contributed by atoms with Gasteiger partial charge in [0.05, 0.1) is 11.4 Å². The molecule has 0 aliphatic rings. The van der Waals surface area contributed by atoms with Crippen molar-refractivity contribution in [2.75, 3.05) is 5.73 Å². The summed E-state index contributed by atoms with van der Waals surface area (Å²) in [5.41, 5.74) is 7.91. The summed E-state index contributed by atoms with van der Waals surface area (Å²) in [6, 6.07) is 1.45. The fraction of sp³-hybridized carbons (Fsp3) is 0.364. The van der Waals surface area contributed by atoms with E-state index in [2.05, 4.69) is 15.1 Å². The highest BCUT2D eigenvalue weighted by molar-refractivity contribution is 7.99. The van der Waals surface area contributed by atoms with Gasteiger partial charge in [0.15, 0.2) is 5.16 Å². The Balaban J connectivity index is 2.42. The molecule has 2 heterocycles. The molecule has 7 heteroatoms. The molecule has 18 heavy (non-hydrogen) atoms. The molecule has 0 atom stereocenters. The van der Waals surface area contributed by atoms with Crippen molar-refractivity contribution in [3.8, 4) is 0 Å². The smallest absolute Gasteiger partial charge is 0.251 e. The molecule has 6 nitrogen and oxygen atoms in total. The van der Waals surface area contributed by atoms with E-state index in [1.165, 1.54) is 17.8 Å². The second-order valence-electron chi connectivity index (χ2n) is 3.91. The summed E-state index contributed by atoms with van der Waals surface area (Å²) in [4.78, 5) is 18.3. The lowest BCUT2D eigenvalue weighted by atomic mass is 10.4. The molecule has 0 radical (unpaired) electrons. The Kier molecular flexibility index (Phi) is 3.42. The maximum absolute atomic E-state index is 11.4. The number of hydrogen-bond donors (Lipinski definition) is 2. The van der Waals surface area contributed by atoms with Gasteiger partial charge >= 0.3 is 0 Å². The van der Waals surface area contributed by atoms with E-state index in [0.717, 1.165) is 17.3 Å². The Morgan fingerprint density at radius 2 is 2.22 bits per heavy atom. The molecule has 0 spiro atoms. The topological polar surface area (TPSA) is 89.6 Å². The van der Waals surface area contributed by atoms with Crippen molar-refractivity contribution < 1.29 is 0 Å². The lowest BCUT2D eigenvalue weighted by molar-refractivity contribution is 0.601. The minimum atomic E-state index is -0.164. The van der Waals surface area contributed by atoms with Gasteiger partial charge in [-0.15, -0.1) is 0 Å². The van der Waals surface area contributed by atoms with Crippen LogP contribution in [0.2, 0.25) is 0 Å². The number of nitrogens with zero attached hydrogens (tertiary/aromatic N) is 3. The van der Waals surface area contributed by atoms with Gasteiger partial charge in [0.2, 0.25) is 0 Å². The molecule has 2 aromatic heterocycles. The van der Waals surface area contributed by atoms with E-state index in [4.69, 9.17) is 5.73 Å². The van der Waals surface area contributed by atoms with Crippen LogP contribution >= 0.6 is 11.8 Å². The van der Waals surface area contributed by atoms with Gasteiger partial charge in [0.1, 0.15) is 5.03 Å². The lowest BCUT2D eigenvalue weighted by Gasteiger charge is -2.05. The fourth-order valence-electron chi connectivity index (χ4n) is 1.59. The molecule has 2 rings (SSSR count). The summed E-state index contributed by atoms with van der Waals surface area (Å²) in [6.45, 7) is 6.35. The third kappa shape index (κ3) is 2.40. The average Bonchev–Trinajstić information content (AvgIpc) is 2.55. The van der Waals surface area contributed by atoms with Crippen molar-refractivity contribution in [3.63, 3.8) is 0 Å². The summed E-state index contributed by atoms with van der Waals surface area (Å²) in [7, 11) is 0. The van der Waals surface area contributed by atoms with Crippen LogP contribution < -0.4 is 11.3 Å². The van der Waals surface area contributed by atoms with Crippen molar-refractivity contribution in [2.45, 2.75) is 37.5 Å². The first kappa shape index (κ1) is 12.7. The van der Waals surface area contributed by atoms with Crippen LogP contribution in [0.3, 0.4) is 0 Å². The van der Waals surface area contributed by atoms with Gasteiger partial charge in [-0.3, -0.25) is 9.48 Å². The maximum atomic E-state index is 11.4. The van der Waals surface area contributed by atoms with Gasteiger partial charge in [0, 0.05) is 18.3 Å². The average molecular weight is 265 g/mol. The molecule has 0 saturated carbocycles. The molecule has 0 unspecified atom stereocenters. The number of anilines is 1. The molecule has 3 N–H and O–H groups in total. The summed E-state index contributed by atoms with van der Waals surface area (Å²) in [6.07, 6.45) is 0. The van der Waals surface area contributed by atoms with Crippen LogP contribution in [0.4, 0.5) is 5.69 Å². The quantitative estimate of drug-likeness (QED) is 0.817. The summed E-state index contributed by atoms with van der Waals surface area (Å²) >= 11 is 1.32. The summed E-state index contributed by atoms with van der Waals surface area (Å²) < 4.78 is 1.80. The predicted octanol–water partition coefficient (Wildman–Crippen LogP) is 1.34. The van der Waals surface area contributed by atoms with Crippen LogP contribution in [-0.4, -0.2) is 19.7 Å². The Bertz CT molecular complexity index is 631. The highest BCUT2D eigenvalue weighted by atomic mass is 32.2. The number of aromatic amines is 1. The summed E-state index contributed by atoms with van der Waals surface area (Å²) in [5.74, 6) is 0. The minimum absolute atomic E-state index is 0.164. The van der Waals surface area contributed by atoms with Gasteiger partial charge in [-0.1, -0.05) is 0 Å². The van der Waals surface area contributed by atoms with Crippen LogP contribution in [-0.2, 0) is 6.54 Å². The number of hydrogen-bond acceptors (Lipinski definition) is 5. The van der Waals surface area contributed by atoms with Gasteiger partial charge in [-0.05, 0) is 32.5 Å². The maximum Gasteiger partial charge on any atom is 0.251 e. The number of nitrogens with two attached hydrogens (primary N) is 1. The molecule has 0 aliphatic heterocycles. The van der Waals surface area contributed by atoms with Crippen molar-refractivity contribution in [2.24, 2.45) is 0 Å². The molecular formula is C11H15N5OS. The van der Waals surface area contributed by atoms with E-state index in [-0.39, 0.29) is 5.56 Å². The first-order chi connectivity index (χ1) is 8.51. The zero-order chi connectivity index (χ0) is 13.3. The normalized spacial score (nSPS) is 10.8. The van der Waals surface area contributed by atoms with E-state index in [1.54, 1.807) is 11.6 Å². The van der Waals surface area contributed by atoms with Crippen LogP contribution in [0.1, 0.15) is 18.3 Å². The van der Waals surface area contributed by atoms with Crippen LogP contribution in [0.25, 0.3) is 0 Å². The number of aromatic nitrogens is 4. The second-order valence-corrected chi connectivity index (χ2v) is 4.89.